The minimum Gasteiger partial charge on any atom is -0.505 e. The van der Waals surface area contributed by atoms with Crippen LogP contribution in [-0.2, 0) is 19.3 Å². The highest BCUT2D eigenvalue weighted by Gasteiger charge is 2.44. The Hall–Kier alpha value is -4.88. The number of aromatic nitrogens is 6. The lowest BCUT2D eigenvalue weighted by Crippen LogP contribution is -2.57. The smallest absolute Gasteiger partial charge is 0.274 e. The molecule has 3 fully saturated rings. The van der Waals surface area contributed by atoms with Gasteiger partial charge in [0.15, 0.2) is 17.4 Å². The molecular weight excluding hydrogens is 684 g/mol. The zero-order valence-corrected chi connectivity index (χ0v) is 31.2. The largest absolute Gasteiger partial charge is 0.505 e. The molecule has 2 saturated heterocycles. The topological polar surface area (TPSA) is 133 Å². The third-order valence-electron chi connectivity index (χ3n) is 12.5. The number of likely N-dealkylation sites (tertiary alicyclic amines) is 1. The third-order valence-corrected chi connectivity index (χ3v) is 12.5. The van der Waals surface area contributed by atoms with Gasteiger partial charge in [0.25, 0.3) is 5.91 Å². The second-order valence-electron chi connectivity index (χ2n) is 16.0. The molecular formula is C41H49FN10O2. The summed E-state index contributed by atoms with van der Waals surface area (Å²) in [5, 5.41) is 18.5. The lowest BCUT2D eigenvalue weighted by atomic mass is 9.67. The summed E-state index contributed by atoms with van der Waals surface area (Å²) in [4.78, 5) is 40.7. The maximum Gasteiger partial charge on any atom is 0.274 e. The SMILES string of the molecule is CCc1cc(O)c(F)cc1-c1ccc2c(-c3nc4c([nH]3)CCN(C(=O)c3cnc(N5CCCN(C6CCC7(CC6)CN(C)C7)CC5)cn3)CC4)n[nH]c2c1. The van der Waals surface area contributed by atoms with Gasteiger partial charge in [-0.2, -0.15) is 5.10 Å². The van der Waals surface area contributed by atoms with Gasteiger partial charge in [-0.25, -0.2) is 19.3 Å². The molecule has 0 atom stereocenters. The number of nitrogens with zero attached hydrogens (tertiary/aromatic N) is 8. The number of aryl methyl sites for hydroxylation is 1. The number of benzene rings is 2. The van der Waals surface area contributed by atoms with Crippen LogP contribution in [0.15, 0.2) is 42.7 Å². The summed E-state index contributed by atoms with van der Waals surface area (Å²) >= 11 is 0. The second-order valence-corrected chi connectivity index (χ2v) is 16.0. The van der Waals surface area contributed by atoms with E-state index in [4.69, 9.17) is 9.97 Å². The molecule has 0 radical (unpaired) electrons. The molecule has 0 unspecified atom stereocenters. The summed E-state index contributed by atoms with van der Waals surface area (Å²) in [6, 6.07) is 9.44. The number of aromatic hydroxyl groups is 1. The van der Waals surface area contributed by atoms with Crippen molar-refractivity contribution < 1.29 is 14.3 Å². The number of H-pyrrole nitrogens is 2. The summed E-state index contributed by atoms with van der Waals surface area (Å²) in [5.41, 5.74) is 6.86. The number of amides is 1. The Bertz CT molecular complexity index is 2140. The Kier molecular flexibility index (Phi) is 9.09. The fraction of sp³-hybridized carbons (Fsp3) is 0.488. The average Bonchev–Trinajstić information content (AvgIpc) is 3.62. The van der Waals surface area contributed by atoms with Crippen molar-refractivity contribution in [1.29, 1.82) is 0 Å². The van der Waals surface area contributed by atoms with E-state index in [0.29, 0.717) is 61.0 Å². The van der Waals surface area contributed by atoms with Crippen LogP contribution in [0.5, 0.6) is 5.75 Å². The van der Waals surface area contributed by atoms with Gasteiger partial charge in [0.2, 0.25) is 0 Å². The minimum absolute atomic E-state index is 0.108. The highest BCUT2D eigenvalue weighted by molar-refractivity contribution is 5.94. The number of imidazole rings is 1. The number of hydrogen-bond donors (Lipinski definition) is 3. The van der Waals surface area contributed by atoms with Crippen molar-refractivity contribution in [3.05, 3.63) is 71.2 Å². The first kappa shape index (κ1) is 34.9. The molecule has 0 bridgehead atoms. The van der Waals surface area contributed by atoms with Crippen LogP contribution in [0.2, 0.25) is 0 Å². The van der Waals surface area contributed by atoms with Crippen LogP contribution in [0.25, 0.3) is 33.5 Å². The molecule has 1 amide bonds. The first-order chi connectivity index (χ1) is 26.3. The lowest BCUT2D eigenvalue weighted by Gasteiger charge is -2.53. The number of hydrogen-bond acceptors (Lipinski definition) is 9. The van der Waals surface area contributed by atoms with Crippen LogP contribution in [0.1, 0.15) is 66.5 Å². The summed E-state index contributed by atoms with van der Waals surface area (Å²) in [6.07, 6.45) is 11.8. The van der Waals surface area contributed by atoms with Crippen LogP contribution < -0.4 is 4.90 Å². The van der Waals surface area contributed by atoms with Gasteiger partial charge in [0, 0.05) is 82.3 Å². The molecule has 54 heavy (non-hydrogen) atoms. The van der Waals surface area contributed by atoms with Gasteiger partial charge in [-0.3, -0.25) is 14.8 Å². The summed E-state index contributed by atoms with van der Waals surface area (Å²) in [7, 11) is 2.24. The lowest BCUT2D eigenvalue weighted by molar-refractivity contribution is -0.0297. The first-order valence-corrected chi connectivity index (χ1v) is 19.6. The molecule has 2 aromatic carbocycles. The first-order valence-electron chi connectivity index (χ1n) is 19.6. The summed E-state index contributed by atoms with van der Waals surface area (Å²) in [5.74, 6) is 0.430. The molecule has 282 valence electrons. The Morgan fingerprint density at radius 1 is 1.00 bits per heavy atom. The van der Waals surface area contributed by atoms with Crippen LogP contribution in [-0.4, -0.2) is 121 Å². The van der Waals surface area contributed by atoms with E-state index in [1.165, 1.54) is 50.9 Å². The Balaban J connectivity index is 0.814. The van der Waals surface area contributed by atoms with E-state index in [1.54, 1.807) is 12.4 Å². The number of carbonyl (C=O) groups excluding carboxylic acids is 1. The number of fused-ring (bicyclic) bond motifs is 2. The number of aromatic amines is 2. The standard InChI is InChI=1S/C41H49FN10O2/c1-3-26-20-36(53)31(42)21-30(26)27-5-6-29-34(19-27)47-48-38(29)39-45-32-9-15-52(16-10-33(32)46-39)40(54)35-22-44-37(23-43-35)51-14-4-13-50(17-18-51)28-7-11-41(12-8-28)24-49(2)25-41/h5-6,19-23,28,53H,3-4,7-18,24-25H2,1-2H3,(H,45,46)(H,47,48). The average molecular weight is 733 g/mol. The van der Waals surface area contributed by atoms with Crippen molar-refractivity contribution in [2.75, 3.05) is 64.3 Å². The fourth-order valence-electron chi connectivity index (χ4n) is 9.59. The number of rotatable bonds is 6. The van der Waals surface area contributed by atoms with E-state index >= 15 is 0 Å². The molecule has 9 rings (SSSR count). The summed E-state index contributed by atoms with van der Waals surface area (Å²) in [6.45, 7) is 9.68. The molecule has 13 heteroatoms. The fourth-order valence-corrected chi connectivity index (χ4v) is 9.59. The maximum absolute atomic E-state index is 14.3. The summed E-state index contributed by atoms with van der Waals surface area (Å²) < 4.78 is 14.3. The number of phenols is 1. The molecule has 1 saturated carbocycles. The Morgan fingerprint density at radius 3 is 2.61 bits per heavy atom. The van der Waals surface area contributed by atoms with Crippen LogP contribution in [0.3, 0.4) is 0 Å². The number of halogens is 1. The zero-order valence-electron chi connectivity index (χ0n) is 31.2. The van der Waals surface area contributed by atoms with Crippen molar-refractivity contribution in [1.82, 2.24) is 44.8 Å². The van der Waals surface area contributed by atoms with E-state index in [2.05, 4.69) is 41.9 Å². The maximum atomic E-state index is 14.3. The van der Waals surface area contributed by atoms with Gasteiger partial charge >= 0.3 is 0 Å². The quantitative estimate of drug-likeness (QED) is 0.209. The van der Waals surface area contributed by atoms with Crippen molar-refractivity contribution in [2.24, 2.45) is 5.41 Å². The van der Waals surface area contributed by atoms with Crippen LogP contribution in [0.4, 0.5) is 10.2 Å². The van der Waals surface area contributed by atoms with E-state index < -0.39 is 5.82 Å². The van der Waals surface area contributed by atoms with Crippen LogP contribution >= 0.6 is 0 Å². The molecule has 3 aliphatic heterocycles. The van der Waals surface area contributed by atoms with Gasteiger partial charge in [0.1, 0.15) is 17.2 Å². The number of nitrogens with one attached hydrogen (secondary N) is 2. The van der Waals surface area contributed by atoms with Crippen molar-refractivity contribution in [3.8, 4) is 28.4 Å². The number of carbonyl (C=O) groups is 1. The zero-order chi connectivity index (χ0) is 37.0. The molecule has 1 spiro atoms. The molecule has 6 heterocycles. The van der Waals surface area contributed by atoms with Gasteiger partial charge in [-0.1, -0.05) is 13.0 Å². The van der Waals surface area contributed by atoms with E-state index in [9.17, 15) is 14.3 Å². The Labute approximate surface area is 314 Å². The van der Waals surface area contributed by atoms with Gasteiger partial charge in [0.05, 0.1) is 23.6 Å². The molecule has 5 aromatic rings. The number of phenolic OH excluding ortho intramolecular Hbond substituents is 1. The molecule has 3 aromatic heterocycles. The van der Waals surface area contributed by atoms with Crippen LogP contribution in [0, 0.1) is 11.2 Å². The minimum atomic E-state index is -0.644. The van der Waals surface area contributed by atoms with Crippen molar-refractivity contribution in [2.45, 2.75) is 64.3 Å². The molecule has 1 aliphatic carbocycles. The van der Waals surface area contributed by atoms with E-state index in [0.717, 1.165) is 77.4 Å². The highest BCUT2D eigenvalue weighted by Crippen LogP contribution is 2.44. The predicted molar refractivity (Wildman–Crippen MR) is 206 cm³/mol. The molecule has 4 aliphatic rings. The van der Waals surface area contributed by atoms with Gasteiger partial charge < -0.3 is 24.8 Å². The monoisotopic (exact) mass is 732 g/mol. The highest BCUT2D eigenvalue weighted by atomic mass is 19.1. The predicted octanol–water partition coefficient (Wildman–Crippen LogP) is 5.44. The van der Waals surface area contributed by atoms with Gasteiger partial charge in [-0.15, -0.1) is 0 Å². The van der Waals surface area contributed by atoms with Crippen molar-refractivity contribution >= 4 is 22.6 Å². The second kappa shape index (κ2) is 14.1. The van der Waals surface area contributed by atoms with E-state index in [1.807, 2.05) is 30.0 Å². The normalized spacial score (nSPS) is 19.8. The van der Waals surface area contributed by atoms with Crippen molar-refractivity contribution in [3.63, 3.8) is 0 Å². The number of anilines is 1. The molecule has 3 N–H and O–H groups in total. The van der Waals surface area contributed by atoms with Gasteiger partial charge in [-0.05, 0) is 91.9 Å². The van der Waals surface area contributed by atoms with E-state index in [-0.39, 0.29) is 11.7 Å². The molecule has 12 nitrogen and oxygen atoms in total. The Morgan fingerprint density at radius 2 is 1.83 bits per heavy atom. The third kappa shape index (κ3) is 6.51.